The van der Waals surface area contributed by atoms with E-state index in [1.165, 1.54) is 57.3 Å². The molecule has 0 N–H and O–H groups in total. The van der Waals surface area contributed by atoms with Crippen LogP contribution in [0.2, 0.25) is 0 Å². The van der Waals surface area contributed by atoms with Gasteiger partial charge in [0.25, 0.3) is 0 Å². The van der Waals surface area contributed by atoms with Crippen molar-refractivity contribution >= 4 is 0 Å². The fourth-order valence-corrected chi connectivity index (χ4v) is 4.38. The van der Waals surface area contributed by atoms with Crippen LogP contribution >= 0.6 is 0 Å². The van der Waals surface area contributed by atoms with E-state index in [4.69, 9.17) is 4.52 Å². The minimum Gasteiger partial charge on any atom is -0.338 e. The molecule has 5 heteroatoms. The number of hydrogen-bond donors (Lipinski definition) is 0. The van der Waals surface area contributed by atoms with E-state index in [0.717, 1.165) is 24.5 Å². The molecule has 1 atom stereocenters. The van der Waals surface area contributed by atoms with Crippen LogP contribution in [-0.4, -0.2) is 52.2 Å². The fraction of sp³-hybridized carbons (Fsp3) is 0.636. The van der Waals surface area contributed by atoms with E-state index >= 15 is 0 Å². The number of aromatic nitrogens is 2. The third-order valence-electron chi connectivity index (χ3n) is 6.06. The smallest absolute Gasteiger partial charge is 0.241 e. The Labute approximate surface area is 162 Å². The molecular weight excluding hydrogens is 336 g/mol. The molecule has 27 heavy (non-hydrogen) atoms. The Morgan fingerprint density at radius 1 is 1.04 bits per heavy atom. The molecule has 1 aromatic carbocycles. The van der Waals surface area contributed by atoms with Crippen LogP contribution in [0.4, 0.5) is 0 Å². The maximum Gasteiger partial charge on any atom is 0.241 e. The number of hydrogen-bond acceptors (Lipinski definition) is 5. The summed E-state index contributed by atoms with van der Waals surface area (Å²) in [5.74, 6) is 1.97. The molecule has 1 unspecified atom stereocenters. The number of nitrogens with zero attached hydrogens (tertiary/aromatic N) is 4. The van der Waals surface area contributed by atoms with Gasteiger partial charge in [-0.2, -0.15) is 4.98 Å². The van der Waals surface area contributed by atoms with Crippen LogP contribution in [0.25, 0.3) is 11.4 Å². The average molecular weight is 369 g/mol. The van der Waals surface area contributed by atoms with E-state index in [-0.39, 0.29) is 0 Å². The van der Waals surface area contributed by atoms with Crippen molar-refractivity contribution in [2.45, 2.75) is 64.5 Å². The number of rotatable bonds is 6. The highest BCUT2D eigenvalue weighted by Crippen LogP contribution is 2.24. The largest absolute Gasteiger partial charge is 0.338 e. The molecule has 4 rings (SSSR count). The lowest BCUT2D eigenvalue weighted by molar-refractivity contribution is 0.139. The van der Waals surface area contributed by atoms with E-state index in [0.29, 0.717) is 17.8 Å². The maximum atomic E-state index is 5.58. The van der Waals surface area contributed by atoms with Crippen molar-refractivity contribution in [3.8, 4) is 11.4 Å². The van der Waals surface area contributed by atoms with Crippen molar-refractivity contribution in [2.24, 2.45) is 0 Å². The van der Waals surface area contributed by atoms with Gasteiger partial charge in [0.1, 0.15) is 0 Å². The van der Waals surface area contributed by atoms with E-state index in [1.54, 1.807) is 0 Å². The zero-order chi connectivity index (χ0) is 18.6. The molecule has 0 saturated carbocycles. The topological polar surface area (TPSA) is 45.4 Å². The highest BCUT2D eigenvalue weighted by molar-refractivity contribution is 5.54. The lowest BCUT2D eigenvalue weighted by Crippen LogP contribution is -2.42. The van der Waals surface area contributed by atoms with Gasteiger partial charge in [0, 0.05) is 18.2 Å². The second kappa shape index (κ2) is 8.53. The van der Waals surface area contributed by atoms with Gasteiger partial charge in [-0.05, 0) is 56.8 Å². The first kappa shape index (κ1) is 18.6. The molecule has 146 valence electrons. The van der Waals surface area contributed by atoms with Gasteiger partial charge >= 0.3 is 0 Å². The van der Waals surface area contributed by atoms with Crippen LogP contribution in [-0.2, 0) is 6.54 Å². The molecule has 0 radical (unpaired) electrons. The highest BCUT2D eigenvalue weighted by atomic mass is 16.5. The minimum absolute atomic E-state index is 0.534. The van der Waals surface area contributed by atoms with Crippen molar-refractivity contribution in [2.75, 3.05) is 26.2 Å². The van der Waals surface area contributed by atoms with Gasteiger partial charge < -0.3 is 9.42 Å². The van der Waals surface area contributed by atoms with E-state index in [9.17, 15) is 0 Å². The fourth-order valence-electron chi connectivity index (χ4n) is 4.38. The Balaban J connectivity index is 1.38. The van der Waals surface area contributed by atoms with Gasteiger partial charge in [-0.25, -0.2) is 0 Å². The van der Waals surface area contributed by atoms with E-state index in [1.807, 2.05) is 0 Å². The van der Waals surface area contributed by atoms with Gasteiger partial charge in [-0.15, -0.1) is 0 Å². The molecule has 2 fully saturated rings. The Morgan fingerprint density at radius 2 is 1.81 bits per heavy atom. The van der Waals surface area contributed by atoms with E-state index < -0.39 is 0 Å². The number of likely N-dealkylation sites (tertiary alicyclic amines) is 2. The molecule has 2 aliphatic heterocycles. The SMILES string of the molecule is CC(C)c1ccc(-c2noc(CN3CCCC3CN3CCCCC3)n2)cc1. The van der Waals surface area contributed by atoms with Crippen molar-refractivity contribution in [1.82, 2.24) is 19.9 Å². The Bertz CT molecular complexity index is 718. The molecule has 0 bridgehead atoms. The molecule has 0 amide bonds. The lowest BCUT2D eigenvalue weighted by Gasteiger charge is -2.32. The second-order valence-corrected chi connectivity index (χ2v) is 8.42. The third kappa shape index (κ3) is 4.58. The predicted octanol–water partition coefficient (Wildman–Crippen LogP) is 4.31. The normalized spacial score (nSPS) is 22.0. The summed E-state index contributed by atoms with van der Waals surface area (Å²) in [5.41, 5.74) is 2.36. The first-order chi connectivity index (χ1) is 13.2. The highest BCUT2D eigenvalue weighted by Gasteiger charge is 2.28. The molecular formula is C22H32N4O. The number of piperidine rings is 1. The number of benzene rings is 1. The van der Waals surface area contributed by atoms with Crippen LogP contribution in [0.1, 0.15) is 63.3 Å². The van der Waals surface area contributed by atoms with Crippen LogP contribution in [0, 0.1) is 0 Å². The van der Waals surface area contributed by atoms with Crippen LogP contribution in [0.3, 0.4) is 0 Å². The summed E-state index contributed by atoms with van der Waals surface area (Å²) < 4.78 is 5.58. The molecule has 2 aliphatic rings. The second-order valence-electron chi connectivity index (χ2n) is 8.42. The maximum absolute atomic E-state index is 5.58. The summed E-state index contributed by atoms with van der Waals surface area (Å²) >= 11 is 0. The Hall–Kier alpha value is -1.72. The van der Waals surface area contributed by atoms with Crippen LogP contribution < -0.4 is 0 Å². The van der Waals surface area contributed by atoms with Crippen LogP contribution in [0.15, 0.2) is 28.8 Å². The van der Waals surface area contributed by atoms with Crippen LogP contribution in [0.5, 0.6) is 0 Å². The van der Waals surface area contributed by atoms with Crippen molar-refractivity contribution in [3.63, 3.8) is 0 Å². The Kier molecular flexibility index (Phi) is 5.89. The summed E-state index contributed by atoms with van der Waals surface area (Å²) in [6.07, 6.45) is 6.67. The zero-order valence-corrected chi connectivity index (χ0v) is 16.7. The minimum atomic E-state index is 0.534. The molecule has 0 aliphatic carbocycles. The van der Waals surface area contributed by atoms with E-state index in [2.05, 4.69) is 58.1 Å². The summed E-state index contributed by atoms with van der Waals surface area (Å²) in [6.45, 7) is 10.0. The molecule has 3 heterocycles. The van der Waals surface area contributed by atoms with Gasteiger partial charge in [-0.1, -0.05) is 49.7 Å². The molecule has 0 spiro atoms. The molecule has 1 aromatic heterocycles. The quantitative estimate of drug-likeness (QED) is 0.760. The zero-order valence-electron chi connectivity index (χ0n) is 16.7. The molecule has 5 nitrogen and oxygen atoms in total. The predicted molar refractivity (Wildman–Crippen MR) is 108 cm³/mol. The lowest BCUT2D eigenvalue weighted by atomic mass is 10.0. The third-order valence-corrected chi connectivity index (χ3v) is 6.06. The van der Waals surface area contributed by atoms with Gasteiger partial charge in [-0.3, -0.25) is 4.90 Å². The average Bonchev–Trinajstić information content (AvgIpc) is 3.33. The van der Waals surface area contributed by atoms with Crippen molar-refractivity contribution < 1.29 is 4.52 Å². The summed E-state index contributed by atoms with van der Waals surface area (Å²) in [6, 6.07) is 9.14. The standard InChI is InChI=1S/C22H32N4O/c1-17(2)18-8-10-19(11-9-18)22-23-21(27-24-22)16-26-14-6-7-20(26)15-25-12-4-3-5-13-25/h8-11,17,20H,3-7,12-16H2,1-2H3. The van der Waals surface area contributed by atoms with Crippen molar-refractivity contribution in [3.05, 3.63) is 35.7 Å². The molecule has 2 aromatic rings. The van der Waals surface area contributed by atoms with Crippen molar-refractivity contribution in [1.29, 1.82) is 0 Å². The van der Waals surface area contributed by atoms with Gasteiger partial charge in [0.2, 0.25) is 11.7 Å². The summed E-state index contributed by atoms with van der Waals surface area (Å²) in [5, 5.41) is 4.22. The first-order valence-corrected chi connectivity index (χ1v) is 10.6. The summed E-state index contributed by atoms with van der Waals surface area (Å²) in [7, 11) is 0. The monoisotopic (exact) mass is 368 g/mol. The molecule has 2 saturated heterocycles. The first-order valence-electron chi connectivity index (χ1n) is 10.6. The van der Waals surface area contributed by atoms with Gasteiger partial charge in [0.15, 0.2) is 0 Å². The Morgan fingerprint density at radius 3 is 2.56 bits per heavy atom. The summed E-state index contributed by atoms with van der Waals surface area (Å²) in [4.78, 5) is 9.84. The van der Waals surface area contributed by atoms with Gasteiger partial charge in [0.05, 0.1) is 6.54 Å².